The van der Waals surface area contributed by atoms with E-state index in [4.69, 9.17) is 10.8 Å². The van der Waals surface area contributed by atoms with Crippen molar-refractivity contribution in [3.63, 3.8) is 0 Å². The minimum Gasteiger partial charge on any atom is -0.396 e. The van der Waals surface area contributed by atoms with Gasteiger partial charge in [0, 0.05) is 17.1 Å². The lowest BCUT2D eigenvalue weighted by Crippen LogP contribution is -2.38. The maximum atomic E-state index is 13.1. The number of nitrogens with two attached hydrogens (primary N) is 1. The van der Waals surface area contributed by atoms with Crippen molar-refractivity contribution in [3.8, 4) is 0 Å². The molecule has 0 bridgehead atoms. The summed E-state index contributed by atoms with van der Waals surface area (Å²) in [7, 11) is 0. The molecule has 0 aliphatic rings. The number of rotatable bonds is 4. The molecule has 2 atom stereocenters. The van der Waals surface area contributed by atoms with E-state index in [0.717, 1.165) is 6.07 Å². The molecule has 1 aromatic rings. The second-order valence-corrected chi connectivity index (χ2v) is 5.13. The molecule has 4 nitrogen and oxygen atoms in total. The number of anilines is 1. The van der Waals surface area contributed by atoms with Crippen LogP contribution < -0.4 is 11.1 Å². The van der Waals surface area contributed by atoms with Gasteiger partial charge in [0.05, 0.1) is 11.3 Å². The quantitative estimate of drug-likeness (QED) is 0.742. The van der Waals surface area contributed by atoms with E-state index < -0.39 is 5.82 Å². The van der Waals surface area contributed by atoms with Gasteiger partial charge in [-0.1, -0.05) is 6.92 Å². The van der Waals surface area contributed by atoms with Gasteiger partial charge in [-0.25, -0.2) is 4.39 Å². The molecule has 0 saturated heterocycles. The average molecular weight is 319 g/mol. The lowest BCUT2D eigenvalue weighted by molar-refractivity contribution is 0.0915. The standard InChI is InChI=1S/C12H16BrFN2O2/c1-6(5-17)7(2)16-12(18)8-3-11(15)10(14)4-9(8)13/h3-4,6-7,17H,5,15H2,1-2H3,(H,16,18). The first-order valence-electron chi connectivity index (χ1n) is 5.53. The Labute approximate surface area is 113 Å². The van der Waals surface area contributed by atoms with Crippen LogP contribution in [0.4, 0.5) is 10.1 Å². The molecule has 18 heavy (non-hydrogen) atoms. The number of aliphatic hydroxyl groups excluding tert-OH is 1. The Morgan fingerprint density at radius 1 is 1.56 bits per heavy atom. The number of nitrogen functional groups attached to an aromatic ring is 1. The molecule has 2 unspecified atom stereocenters. The number of aliphatic hydroxyl groups is 1. The van der Waals surface area contributed by atoms with Crippen molar-refractivity contribution < 1.29 is 14.3 Å². The maximum absolute atomic E-state index is 13.1. The van der Waals surface area contributed by atoms with E-state index in [1.807, 2.05) is 6.92 Å². The second-order valence-electron chi connectivity index (χ2n) is 4.28. The predicted octanol–water partition coefficient (Wildman–Crippen LogP) is 1.92. The van der Waals surface area contributed by atoms with Crippen LogP contribution in [0.15, 0.2) is 16.6 Å². The Hall–Kier alpha value is -1.14. The lowest BCUT2D eigenvalue weighted by atomic mass is 10.0. The lowest BCUT2D eigenvalue weighted by Gasteiger charge is -2.19. The van der Waals surface area contributed by atoms with Crippen molar-refractivity contribution >= 4 is 27.5 Å². The van der Waals surface area contributed by atoms with Gasteiger partial charge in [-0.2, -0.15) is 0 Å². The topological polar surface area (TPSA) is 75.3 Å². The fraction of sp³-hybridized carbons (Fsp3) is 0.417. The minimum absolute atomic E-state index is 0.0197. The number of benzene rings is 1. The van der Waals surface area contributed by atoms with Crippen molar-refractivity contribution in [2.45, 2.75) is 19.9 Å². The van der Waals surface area contributed by atoms with E-state index in [9.17, 15) is 9.18 Å². The van der Waals surface area contributed by atoms with Gasteiger partial charge in [0.25, 0.3) is 5.91 Å². The monoisotopic (exact) mass is 318 g/mol. The van der Waals surface area contributed by atoms with Gasteiger partial charge in [-0.15, -0.1) is 0 Å². The smallest absolute Gasteiger partial charge is 0.252 e. The van der Waals surface area contributed by atoms with Crippen LogP contribution in [-0.4, -0.2) is 23.7 Å². The van der Waals surface area contributed by atoms with Gasteiger partial charge in [-0.05, 0) is 40.9 Å². The van der Waals surface area contributed by atoms with Crippen LogP contribution in [0.1, 0.15) is 24.2 Å². The van der Waals surface area contributed by atoms with Crippen LogP contribution >= 0.6 is 15.9 Å². The molecular formula is C12H16BrFN2O2. The highest BCUT2D eigenvalue weighted by atomic mass is 79.9. The third kappa shape index (κ3) is 3.43. The third-order valence-corrected chi connectivity index (χ3v) is 3.49. The molecule has 1 amide bonds. The van der Waals surface area contributed by atoms with E-state index in [1.54, 1.807) is 6.92 Å². The minimum atomic E-state index is -0.574. The zero-order valence-electron chi connectivity index (χ0n) is 10.2. The van der Waals surface area contributed by atoms with E-state index >= 15 is 0 Å². The number of nitrogens with one attached hydrogen (secondary N) is 1. The number of hydrogen-bond donors (Lipinski definition) is 3. The molecule has 0 fully saturated rings. The number of hydrogen-bond acceptors (Lipinski definition) is 3. The first kappa shape index (κ1) is 14.9. The highest BCUT2D eigenvalue weighted by Crippen LogP contribution is 2.23. The molecule has 0 aliphatic heterocycles. The fourth-order valence-electron chi connectivity index (χ4n) is 1.32. The Balaban J connectivity index is 2.88. The first-order chi connectivity index (χ1) is 8.36. The van der Waals surface area contributed by atoms with E-state index in [-0.39, 0.29) is 35.7 Å². The van der Waals surface area contributed by atoms with Crippen molar-refractivity contribution in [2.75, 3.05) is 12.3 Å². The van der Waals surface area contributed by atoms with E-state index in [1.165, 1.54) is 6.07 Å². The van der Waals surface area contributed by atoms with Crippen LogP contribution in [0, 0.1) is 11.7 Å². The summed E-state index contributed by atoms with van der Waals surface area (Å²) in [6.07, 6.45) is 0. The summed E-state index contributed by atoms with van der Waals surface area (Å²) in [5.41, 5.74) is 5.62. The summed E-state index contributed by atoms with van der Waals surface area (Å²) in [6, 6.07) is 2.25. The fourth-order valence-corrected chi connectivity index (χ4v) is 1.82. The summed E-state index contributed by atoms with van der Waals surface area (Å²) in [6.45, 7) is 3.59. The predicted molar refractivity (Wildman–Crippen MR) is 71.7 cm³/mol. The summed E-state index contributed by atoms with van der Waals surface area (Å²) in [5.74, 6) is -0.998. The van der Waals surface area contributed by atoms with Gasteiger partial charge in [0.15, 0.2) is 0 Å². The molecule has 0 aliphatic carbocycles. The van der Waals surface area contributed by atoms with Crippen molar-refractivity contribution in [3.05, 3.63) is 28.0 Å². The molecule has 1 rings (SSSR count). The SMILES string of the molecule is CC(CO)C(C)NC(=O)c1cc(N)c(F)cc1Br. The van der Waals surface area contributed by atoms with Gasteiger partial charge in [-0.3, -0.25) is 4.79 Å². The number of carbonyl (C=O) groups is 1. The highest BCUT2D eigenvalue weighted by molar-refractivity contribution is 9.10. The molecule has 1 aromatic carbocycles. The Bertz CT molecular complexity index is 454. The van der Waals surface area contributed by atoms with Crippen LogP contribution in [-0.2, 0) is 0 Å². The average Bonchev–Trinajstić information content (AvgIpc) is 2.32. The van der Waals surface area contributed by atoms with Gasteiger partial charge in [0.1, 0.15) is 5.82 Å². The molecule has 4 N–H and O–H groups in total. The van der Waals surface area contributed by atoms with Crippen LogP contribution in [0.25, 0.3) is 0 Å². The summed E-state index contributed by atoms with van der Waals surface area (Å²) in [5, 5.41) is 11.7. The van der Waals surface area contributed by atoms with Crippen molar-refractivity contribution in [1.29, 1.82) is 0 Å². The maximum Gasteiger partial charge on any atom is 0.252 e. The number of amides is 1. The van der Waals surface area contributed by atoms with Gasteiger partial charge >= 0.3 is 0 Å². The summed E-state index contributed by atoms with van der Waals surface area (Å²) >= 11 is 3.12. The zero-order chi connectivity index (χ0) is 13.9. The molecular weight excluding hydrogens is 303 g/mol. The van der Waals surface area contributed by atoms with Crippen molar-refractivity contribution in [2.24, 2.45) is 5.92 Å². The third-order valence-electron chi connectivity index (χ3n) is 2.83. The van der Waals surface area contributed by atoms with Crippen LogP contribution in [0.3, 0.4) is 0 Å². The molecule has 0 saturated carbocycles. The van der Waals surface area contributed by atoms with Crippen LogP contribution in [0.2, 0.25) is 0 Å². The van der Waals surface area contributed by atoms with Crippen LogP contribution in [0.5, 0.6) is 0 Å². The van der Waals surface area contributed by atoms with Gasteiger partial charge in [0.2, 0.25) is 0 Å². The Morgan fingerprint density at radius 2 is 2.17 bits per heavy atom. The zero-order valence-corrected chi connectivity index (χ0v) is 11.8. The second kappa shape index (κ2) is 6.15. The van der Waals surface area contributed by atoms with E-state index in [2.05, 4.69) is 21.2 Å². The Morgan fingerprint density at radius 3 is 2.72 bits per heavy atom. The molecule has 100 valence electrons. The summed E-state index contributed by atoms with van der Waals surface area (Å²) in [4.78, 5) is 12.0. The highest BCUT2D eigenvalue weighted by Gasteiger charge is 2.18. The largest absolute Gasteiger partial charge is 0.396 e. The normalized spacial score (nSPS) is 14.1. The molecule has 0 heterocycles. The molecule has 0 spiro atoms. The van der Waals surface area contributed by atoms with Crippen molar-refractivity contribution in [1.82, 2.24) is 5.32 Å². The van der Waals surface area contributed by atoms with E-state index in [0.29, 0.717) is 4.47 Å². The molecule has 0 aromatic heterocycles. The molecule has 0 radical (unpaired) electrons. The molecule has 6 heteroatoms. The van der Waals surface area contributed by atoms with Gasteiger partial charge < -0.3 is 16.2 Å². The number of carbonyl (C=O) groups excluding carboxylic acids is 1. The summed E-state index contributed by atoms with van der Waals surface area (Å²) < 4.78 is 13.5. The number of halogens is 2. The first-order valence-corrected chi connectivity index (χ1v) is 6.32. The Kier molecular flexibility index (Phi) is 5.10.